The van der Waals surface area contributed by atoms with Crippen LogP contribution in [-0.2, 0) is 13.1 Å². The Bertz CT molecular complexity index is 699. The van der Waals surface area contributed by atoms with Crippen LogP contribution in [0.1, 0.15) is 11.1 Å². The van der Waals surface area contributed by atoms with Gasteiger partial charge in [-0.1, -0.05) is 47.5 Å². The molecule has 1 N–H and O–H groups in total. The molecule has 0 bridgehead atoms. The molecule has 4 nitrogen and oxygen atoms in total. The Labute approximate surface area is 162 Å². The minimum atomic E-state index is -0.182. The number of thiocarbonyl (C=S) groups is 1. The third kappa shape index (κ3) is 4.84. The second kappa shape index (κ2) is 8.04. The second-order valence-corrected chi connectivity index (χ2v) is 7.09. The lowest BCUT2D eigenvalue weighted by Crippen LogP contribution is -2.42. The number of nitrogens with one attached hydrogen (secondary N) is 1. The van der Waals surface area contributed by atoms with Crippen molar-refractivity contribution in [3.8, 4) is 0 Å². The largest absolute Gasteiger partial charge is 0.343 e. The molecule has 0 saturated carbocycles. The van der Waals surface area contributed by atoms with Gasteiger partial charge in [-0.3, -0.25) is 5.32 Å². The summed E-state index contributed by atoms with van der Waals surface area (Å²) < 4.78 is 0. The van der Waals surface area contributed by atoms with Crippen molar-refractivity contribution < 1.29 is 4.79 Å². The van der Waals surface area contributed by atoms with E-state index >= 15 is 0 Å². The summed E-state index contributed by atoms with van der Waals surface area (Å²) in [4.78, 5) is 16.1. The number of benzene rings is 2. The van der Waals surface area contributed by atoms with Gasteiger partial charge in [-0.25, -0.2) is 4.79 Å². The van der Waals surface area contributed by atoms with Gasteiger partial charge in [0.2, 0.25) is 0 Å². The van der Waals surface area contributed by atoms with Crippen molar-refractivity contribution in [2.75, 3.05) is 13.1 Å². The van der Waals surface area contributed by atoms with E-state index < -0.39 is 0 Å². The van der Waals surface area contributed by atoms with E-state index in [1.807, 2.05) is 53.4 Å². The Kier molecular flexibility index (Phi) is 5.78. The molecule has 0 unspecified atom stereocenters. The molecule has 2 aromatic carbocycles. The third-order valence-corrected chi connectivity index (χ3v) is 4.87. The molecule has 1 aliphatic heterocycles. The fourth-order valence-electron chi connectivity index (χ4n) is 2.62. The summed E-state index contributed by atoms with van der Waals surface area (Å²) >= 11 is 17.2. The SMILES string of the molecule is O=C1NC(=S)N(Cc2ccc(Cl)cc2)CCN1Cc1ccc(Cl)cc1. The lowest BCUT2D eigenvalue weighted by Gasteiger charge is -2.22. The Balaban J connectivity index is 1.66. The predicted molar refractivity (Wildman–Crippen MR) is 105 cm³/mol. The van der Waals surface area contributed by atoms with E-state index in [0.717, 1.165) is 11.1 Å². The number of hydrogen-bond acceptors (Lipinski definition) is 2. The molecule has 1 saturated heterocycles. The highest BCUT2D eigenvalue weighted by Crippen LogP contribution is 2.15. The van der Waals surface area contributed by atoms with E-state index in [4.69, 9.17) is 35.4 Å². The zero-order valence-electron chi connectivity index (χ0n) is 13.4. The molecule has 1 fully saturated rings. The Morgan fingerprint density at radius 2 is 1.28 bits per heavy atom. The van der Waals surface area contributed by atoms with E-state index in [-0.39, 0.29) is 6.03 Å². The van der Waals surface area contributed by atoms with E-state index in [1.165, 1.54) is 0 Å². The molecular weight excluding hydrogens is 377 g/mol. The van der Waals surface area contributed by atoms with Gasteiger partial charge in [0.05, 0.1) is 0 Å². The molecule has 0 spiro atoms. The molecule has 0 aromatic heterocycles. The van der Waals surface area contributed by atoms with Crippen LogP contribution in [0.2, 0.25) is 10.0 Å². The van der Waals surface area contributed by atoms with Crippen molar-refractivity contribution in [3.05, 3.63) is 69.7 Å². The van der Waals surface area contributed by atoms with Crippen molar-refractivity contribution >= 4 is 46.6 Å². The van der Waals surface area contributed by atoms with Crippen LogP contribution in [0.3, 0.4) is 0 Å². The van der Waals surface area contributed by atoms with E-state index in [2.05, 4.69) is 5.32 Å². The average Bonchev–Trinajstić information content (AvgIpc) is 2.72. The minimum Gasteiger partial charge on any atom is -0.343 e. The third-order valence-electron chi connectivity index (χ3n) is 4.00. The topological polar surface area (TPSA) is 35.6 Å². The molecule has 0 aliphatic carbocycles. The van der Waals surface area contributed by atoms with Crippen molar-refractivity contribution in [1.29, 1.82) is 0 Å². The minimum absolute atomic E-state index is 0.182. The Morgan fingerprint density at radius 3 is 1.80 bits per heavy atom. The highest BCUT2D eigenvalue weighted by molar-refractivity contribution is 7.80. The monoisotopic (exact) mass is 393 g/mol. The summed E-state index contributed by atoms with van der Waals surface area (Å²) in [6, 6.07) is 14.9. The first-order valence-corrected chi connectivity index (χ1v) is 9.01. The number of halogens is 2. The summed E-state index contributed by atoms with van der Waals surface area (Å²) in [7, 11) is 0. The van der Waals surface area contributed by atoms with Crippen molar-refractivity contribution in [2.24, 2.45) is 0 Å². The molecule has 2 aromatic rings. The molecule has 3 rings (SSSR count). The van der Waals surface area contributed by atoms with E-state index in [0.29, 0.717) is 41.3 Å². The van der Waals surface area contributed by atoms with Gasteiger partial charge in [-0.2, -0.15) is 0 Å². The number of carbonyl (C=O) groups excluding carboxylic acids is 1. The van der Waals surface area contributed by atoms with E-state index in [1.54, 1.807) is 4.90 Å². The smallest absolute Gasteiger partial charge is 0.323 e. The Hall–Kier alpha value is -1.82. The van der Waals surface area contributed by atoms with Gasteiger partial charge < -0.3 is 9.80 Å². The zero-order chi connectivity index (χ0) is 17.8. The van der Waals surface area contributed by atoms with Crippen LogP contribution < -0.4 is 5.32 Å². The van der Waals surface area contributed by atoms with Gasteiger partial charge in [0, 0.05) is 36.2 Å². The maximum atomic E-state index is 12.4. The van der Waals surface area contributed by atoms with Crippen molar-refractivity contribution in [1.82, 2.24) is 15.1 Å². The van der Waals surface area contributed by atoms with Gasteiger partial charge in [0.25, 0.3) is 0 Å². The van der Waals surface area contributed by atoms with Crippen LogP contribution >= 0.6 is 35.4 Å². The molecule has 1 aliphatic rings. The van der Waals surface area contributed by atoms with Gasteiger partial charge >= 0.3 is 6.03 Å². The quantitative estimate of drug-likeness (QED) is 0.786. The van der Waals surface area contributed by atoms with Crippen LogP contribution in [0, 0.1) is 0 Å². The van der Waals surface area contributed by atoms with Gasteiger partial charge in [-0.15, -0.1) is 0 Å². The van der Waals surface area contributed by atoms with Crippen molar-refractivity contribution in [3.63, 3.8) is 0 Å². The maximum absolute atomic E-state index is 12.4. The molecule has 0 radical (unpaired) electrons. The number of amides is 2. The standard InChI is InChI=1S/C18H17Cl2N3OS/c19-15-5-1-13(2-6-15)11-22-9-10-23(18(25)21-17(22)24)12-14-3-7-16(20)8-4-14/h1-8H,9-12H2,(H,21,24,25). The average molecular weight is 394 g/mol. The highest BCUT2D eigenvalue weighted by Gasteiger charge is 2.23. The molecule has 130 valence electrons. The molecule has 7 heteroatoms. The summed E-state index contributed by atoms with van der Waals surface area (Å²) in [6.45, 7) is 2.39. The molecular formula is C18H17Cl2N3OS. The van der Waals surface area contributed by atoms with Gasteiger partial charge in [0.1, 0.15) is 0 Å². The van der Waals surface area contributed by atoms with Crippen molar-refractivity contribution in [2.45, 2.75) is 13.1 Å². The normalized spacial score (nSPS) is 15.1. The first kappa shape index (κ1) is 18.0. The van der Waals surface area contributed by atoms with Crippen LogP contribution in [0.15, 0.2) is 48.5 Å². The van der Waals surface area contributed by atoms with Crippen LogP contribution in [0.5, 0.6) is 0 Å². The molecule has 1 heterocycles. The number of urea groups is 1. The molecule has 25 heavy (non-hydrogen) atoms. The molecule has 0 atom stereocenters. The number of rotatable bonds is 4. The van der Waals surface area contributed by atoms with Crippen LogP contribution in [0.25, 0.3) is 0 Å². The lowest BCUT2D eigenvalue weighted by molar-refractivity contribution is 0.201. The summed E-state index contributed by atoms with van der Waals surface area (Å²) in [6.07, 6.45) is 0. The zero-order valence-corrected chi connectivity index (χ0v) is 15.7. The van der Waals surface area contributed by atoms with E-state index in [9.17, 15) is 4.79 Å². The van der Waals surface area contributed by atoms with Crippen LogP contribution in [0.4, 0.5) is 4.79 Å². The molecule has 2 amide bonds. The highest BCUT2D eigenvalue weighted by atomic mass is 35.5. The lowest BCUT2D eigenvalue weighted by atomic mass is 10.2. The number of hydrogen-bond donors (Lipinski definition) is 1. The van der Waals surface area contributed by atoms with Gasteiger partial charge in [-0.05, 0) is 47.6 Å². The summed E-state index contributed by atoms with van der Waals surface area (Å²) in [5, 5.41) is 4.62. The predicted octanol–water partition coefficient (Wildman–Crippen LogP) is 4.31. The fraction of sp³-hybridized carbons (Fsp3) is 0.222. The number of nitrogens with zero attached hydrogens (tertiary/aromatic N) is 2. The first-order valence-electron chi connectivity index (χ1n) is 7.85. The first-order chi connectivity index (χ1) is 12.0. The summed E-state index contributed by atoms with van der Waals surface area (Å²) in [5.74, 6) is 0. The maximum Gasteiger partial charge on any atom is 0.323 e. The van der Waals surface area contributed by atoms with Crippen LogP contribution in [-0.4, -0.2) is 34.0 Å². The Morgan fingerprint density at radius 1 is 0.840 bits per heavy atom. The fourth-order valence-corrected chi connectivity index (χ4v) is 3.11. The summed E-state index contributed by atoms with van der Waals surface area (Å²) in [5.41, 5.74) is 2.11. The second-order valence-electron chi connectivity index (χ2n) is 5.83. The van der Waals surface area contributed by atoms with Gasteiger partial charge in [0.15, 0.2) is 5.11 Å². The number of carbonyl (C=O) groups is 1.